The molecule has 1 aromatic heterocycles. The molecule has 154 valence electrons. The fourth-order valence-corrected chi connectivity index (χ4v) is 3.69. The van der Waals surface area contributed by atoms with Crippen LogP contribution in [0.2, 0.25) is 5.02 Å². The van der Waals surface area contributed by atoms with Crippen LogP contribution in [0.15, 0.2) is 41.3 Å². The Labute approximate surface area is 167 Å². The first kappa shape index (κ1) is 21.3. The summed E-state index contributed by atoms with van der Waals surface area (Å²) in [7, 11) is -4.22. The van der Waals surface area contributed by atoms with Crippen LogP contribution in [0.4, 0.5) is 22.0 Å². The van der Waals surface area contributed by atoms with E-state index in [9.17, 15) is 30.4 Å². The van der Waals surface area contributed by atoms with Crippen LogP contribution in [0.3, 0.4) is 0 Å². The second-order valence-corrected chi connectivity index (χ2v) is 8.66. The van der Waals surface area contributed by atoms with Gasteiger partial charge in [-0.05, 0) is 48.9 Å². The Bertz CT molecular complexity index is 1200. The van der Waals surface area contributed by atoms with Crippen LogP contribution in [0.25, 0.3) is 16.9 Å². The van der Waals surface area contributed by atoms with Gasteiger partial charge in [-0.25, -0.2) is 21.9 Å². The predicted octanol–water partition coefficient (Wildman–Crippen LogP) is 5.20. The molecule has 0 radical (unpaired) electrons. The normalized spacial score (nSPS) is 12.4. The number of alkyl halides is 3. The number of rotatable bonds is 3. The van der Waals surface area contributed by atoms with Crippen molar-refractivity contribution in [2.45, 2.75) is 18.0 Å². The fraction of sp³-hybridized carbons (Fsp3) is 0.167. The maximum Gasteiger partial charge on any atom is 0.435 e. The molecule has 0 aliphatic carbocycles. The lowest BCUT2D eigenvalue weighted by molar-refractivity contribution is -0.141. The number of aromatic nitrogens is 2. The van der Waals surface area contributed by atoms with E-state index in [0.717, 1.165) is 4.68 Å². The third kappa shape index (κ3) is 4.13. The molecule has 2 aromatic carbocycles. The van der Waals surface area contributed by atoms with Gasteiger partial charge in [0, 0.05) is 16.8 Å². The SMILES string of the molecule is Cc1cc(-n2nc(C(F)(F)F)cc2-c2cc(F)c(S(C)(=O)=O)c(F)c2)ccc1Cl. The highest BCUT2D eigenvalue weighted by Gasteiger charge is 2.35. The summed E-state index contributed by atoms with van der Waals surface area (Å²) in [5, 5.41) is 3.88. The molecule has 0 atom stereocenters. The van der Waals surface area contributed by atoms with Crippen LogP contribution in [0.1, 0.15) is 11.3 Å². The molecule has 0 spiro atoms. The van der Waals surface area contributed by atoms with Crippen molar-refractivity contribution in [1.29, 1.82) is 0 Å². The summed E-state index contributed by atoms with van der Waals surface area (Å²) in [4.78, 5) is -1.16. The summed E-state index contributed by atoms with van der Waals surface area (Å²) in [6.45, 7) is 1.62. The third-order valence-electron chi connectivity index (χ3n) is 4.05. The molecular formula is C18H12ClF5N2O2S. The number of sulfone groups is 1. The molecule has 0 saturated carbocycles. The Hall–Kier alpha value is -2.46. The summed E-state index contributed by atoms with van der Waals surface area (Å²) >= 11 is 5.94. The Morgan fingerprint density at radius 2 is 1.62 bits per heavy atom. The number of benzene rings is 2. The van der Waals surface area contributed by atoms with Gasteiger partial charge in [0.25, 0.3) is 0 Å². The Balaban J connectivity index is 2.29. The molecule has 0 fully saturated rings. The van der Waals surface area contributed by atoms with E-state index in [1.54, 1.807) is 6.92 Å². The number of hydrogen-bond donors (Lipinski definition) is 0. The van der Waals surface area contributed by atoms with E-state index in [1.165, 1.54) is 18.2 Å². The van der Waals surface area contributed by atoms with Crippen molar-refractivity contribution in [1.82, 2.24) is 9.78 Å². The number of aryl methyl sites for hydroxylation is 1. The van der Waals surface area contributed by atoms with E-state index in [2.05, 4.69) is 5.10 Å². The van der Waals surface area contributed by atoms with Crippen molar-refractivity contribution in [2.24, 2.45) is 0 Å². The lowest BCUT2D eigenvalue weighted by Crippen LogP contribution is -2.08. The molecule has 0 aliphatic rings. The molecule has 0 saturated heterocycles. The van der Waals surface area contributed by atoms with Crippen LogP contribution in [-0.4, -0.2) is 24.5 Å². The van der Waals surface area contributed by atoms with Gasteiger partial charge in [0.15, 0.2) is 15.5 Å². The molecule has 3 aromatic rings. The van der Waals surface area contributed by atoms with Gasteiger partial charge in [-0.1, -0.05) is 11.6 Å². The summed E-state index contributed by atoms with van der Waals surface area (Å²) in [6.07, 6.45) is -4.19. The van der Waals surface area contributed by atoms with E-state index >= 15 is 0 Å². The molecule has 29 heavy (non-hydrogen) atoms. The Kier molecular flexibility index (Phi) is 5.20. The molecule has 3 rings (SSSR count). The van der Waals surface area contributed by atoms with Crippen molar-refractivity contribution in [3.8, 4) is 16.9 Å². The summed E-state index contributed by atoms with van der Waals surface area (Å²) in [5.74, 6) is -2.84. The number of nitrogens with zero attached hydrogens (tertiary/aromatic N) is 2. The average Bonchev–Trinajstić information content (AvgIpc) is 3.01. The first-order valence-electron chi connectivity index (χ1n) is 7.92. The van der Waals surface area contributed by atoms with Gasteiger partial charge in [-0.2, -0.15) is 18.3 Å². The minimum Gasteiger partial charge on any atom is -0.232 e. The van der Waals surface area contributed by atoms with Gasteiger partial charge in [0.1, 0.15) is 16.5 Å². The highest BCUT2D eigenvalue weighted by Crippen LogP contribution is 2.35. The minimum absolute atomic E-state index is 0.172. The Morgan fingerprint density at radius 3 is 2.10 bits per heavy atom. The predicted molar refractivity (Wildman–Crippen MR) is 96.8 cm³/mol. The van der Waals surface area contributed by atoms with Gasteiger partial charge < -0.3 is 0 Å². The second kappa shape index (κ2) is 7.10. The molecule has 0 unspecified atom stereocenters. The second-order valence-electron chi connectivity index (χ2n) is 6.30. The van der Waals surface area contributed by atoms with E-state index < -0.39 is 38.2 Å². The lowest BCUT2D eigenvalue weighted by Gasteiger charge is -2.11. The van der Waals surface area contributed by atoms with Gasteiger partial charge >= 0.3 is 6.18 Å². The number of hydrogen-bond acceptors (Lipinski definition) is 3. The molecule has 11 heteroatoms. The number of halogens is 6. The lowest BCUT2D eigenvalue weighted by atomic mass is 10.1. The smallest absolute Gasteiger partial charge is 0.232 e. The van der Waals surface area contributed by atoms with Crippen LogP contribution in [0, 0.1) is 18.6 Å². The third-order valence-corrected chi connectivity index (χ3v) is 5.61. The van der Waals surface area contributed by atoms with Crippen LogP contribution in [-0.2, 0) is 16.0 Å². The van der Waals surface area contributed by atoms with E-state index in [0.29, 0.717) is 35.0 Å². The molecule has 0 amide bonds. The van der Waals surface area contributed by atoms with Crippen LogP contribution < -0.4 is 0 Å². The van der Waals surface area contributed by atoms with Crippen LogP contribution >= 0.6 is 11.6 Å². The first-order chi connectivity index (χ1) is 13.3. The van der Waals surface area contributed by atoms with E-state index in [1.807, 2.05) is 0 Å². The highest BCUT2D eigenvalue weighted by molar-refractivity contribution is 7.90. The van der Waals surface area contributed by atoms with Crippen molar-refractivity contribution in [3.05, 3.63) is 64.3 Å². The summed E-state index contributed by atoms with van der Waals surface area (Å²) in [5.41, 5.74) is -1.16. The zero-order chi connectivity index (χ0) is 21.7. The van der Waals surface area contributed by atoms with Gasteiger partial charge in [0.05, 0.1) is 11.4 Å². The van der Waals surface area contributed by atoms with Gasteiger partial charge in [0.2, 0.25) is 0 Å². The monoisotopic (exact) mass is 450 g/mol. The minimum atomic E-state index is -4.81. The molecule has 0 aliphatic heterocycles. The van der Waals surface area contributed by atoms with Crippen molar-refractivity contribution in [2.75, 3.05) is 6.26 Å². The maximum absolute atomic E-state index is 14.3. The topological polar surface area (TPSA) is 52.0 Å². The van der Waals surface area contributed by atoms with Crippen molar-refractivity contribution in [3.63, 3.8) is 0 Å². The van der Waals surface area contributed by atoms with Crippen molar-refractivity contribution < 1.29 is 30.4 Å². The molecule has 0 bridgehead atoms. The van der Waals surface area contributed by atoms with Gasteiger partial charge in [-0.15, -0.1) is 0 Å². The quantitative estimate of drug-likeness (QED) is 0.515. The molecular weight excluding hydrogens is 439 g/mol. The average molecular weight is 451 g/mol. The fourth-order valence-electron chi connectivity index (χ4n) is 2.74. The first-order valence-corrected chi connectivity index (χ1v) is 10.2. The van der Waals surface area contributed by atoms with Crippen LogP contribution in [0.5, 0.6) is 0 Å². The summed E-state index contributed by atoms with van der Waals surface area (Å²) < 4.78 is 92.2. The zero-order valence-electron chi connectivity index (χ0n) is 14.9. The highest BCUT2D eigenvalue weighted by atomic mass is 35.5. The molecule has 0 N–H and O–H groups in total. The van der Waals surface area contributed by atoms with Gasteiger partial charge in [-0.3, -0.25) is 0 Å². The largest absolute Gasteiger partial charge is 0.435 e. The van der Waals surface area contributed by atoms with Crippen molar-refractivity contribution >= 4 is 21.4 Å². The maximum atomic E-state index is 14.3. The Morgan fingerprint density at radius 1 is 1.03 bits per heavy atom. The zero-order valence-corrected chi connectivity index (χ0v) is 16.4. The molecule has 1 heterocycles. The summed E-state index contributed by atoms with van der Waals surface area (Å²) in [6, 6.07) is 6.21. The standard InChI is InChI=1S/C18H12ClF5N2O2S/c1-9-5-11(3-4-12(9)19)26-15(8-16(25-26)18(22,23)24)10-6-13(20)17(14(21)7-10)29(2,27)28/h3-8H,1-2H3. The van der Waals surface area contributed by atoms with E-state index in [4.69, 9.17) is 11.6 Å². The van der Waals surface area contributed by atoms with E-state index in [-0.39, 0.29) is 16.9 Å². The molecule has 4 nitrogen and oxygen atoms in total.